The van der Waals surface area contributed by atoms with Gasteiger partial charge >= 0.3 is 5.97 Å². The molecule has 2 unspecified atom stereocenters. The fourth-order valence-electron chi connectivity index (χ4n) is 3.73. The van der Waals surface area contributed by atoms with Crippen molar-refractivity contribution in [3.63, 3.8) is 0 Å². The van der Waals surface area contributed by atoms with Crippen LogP contribution in [0.1, 0.15) is 24.0 Å². The number of hydrogen-bond donors (Lipinski definition) is 1. The molecule has 178 valence electrons. The van der Waals surface area contributed by atoms with Gasteiger partial charge in [-0.25, -0.2) is 9.18 Å². The van der Waals surface area contributed by atoms with Gasteiger partial charge in [-0.05, 0) is 43.3 Å². The van der Waals surface area contributed by atoms with Crippen LogP contribution >= 0.6 is 15.9 Å². The predicted molar refractivity (Wildman–Crippen MR) is 129 cm³/mol. The Balaban J connectivity index is 1.63. The number of nitriles is 1. The van der Waals surface area contributed by atoms with Gasteiger partial charge in [-0.15, -0.1) is 0 Å². The summed E-state index contributed by atoms with van der Waals surface area (Å²) < 4.78 is 36.7. The summed E-state index contributed by atoms with van der Waals surface area (Å²) in [6, 6.07) is 18.1. The molecule has 0 saturated heterocycles. The highest BCUT2D eigenvalue weighted by Gasteiger charge is 2.33. The number of allylic oxidation sites excluding steroid dienone is 1. The van der Waals surface area contributed by atoms with Crippen LogP contribution in [-0.4, -0.2) is 19.2 Å². The molecule has 0 amide bonds. The molecule has 7 nitrogen and oxygen atoms in total. The number of ether oxygens (including phenoxy) is 4. The van der Waals surface area contributed by atoms with Crippen LogP contribution in [0.15, 0.2) is 76.6 Å². The number of fused-ring (bicyclic) bond motifs is 1. The Morgan fingerprint density at radius 3 is 2.63 bits per heavy atom. The fraction of sp³-hybridized carbons (Fsp3) is 0.154. The molecule has 1 aliphatic rings. The lowest BCUT2D eigenvalue weighted by atomic mass is 9.83. The number of benzene rings is 3. The van der Waals surface area contributed by atoms with Crippen LogP contribution in [0.3, 0.4) is 0 Å². The van der Waals surface area contributed by atoms with Crippen molar-refractivity contribution >= 4 is 21.9 Å². The molecule has 0 fully saturated rings. The average Bonchev–Trinajstić information content (AvgIpc) is 2.84. The molecule has 35 heavy (non-hydrogen) atoms. The van der Waals surface area contributed by atoms with Crippen molar-refractivity contribution in [3.05, 3.63) is 93.5 Å². The van der Waals surface area contributed by atoms with Crippen molar-refractivity contribution in [3.8, 4) is 29.1 Å². The zero-order valence-electron chi connectivity index (χ0n) is 18.7. The Kier molecular flexibility index (Phi) is 6.94. The molecule has 3 aromatic carbocycles. The normalized spacial score (nSPS) is 15.3. The van der Waals surface area contributed by atoms with Gasteiger partial charge in [-0.3, -0.25) is 0 Å². The third kappa shape index (κ3) is 4.93. The summed E-state index contributed by atoms with van der Waals surface area (Å²) in [5, 5.41) is 9.80. The highest BCUT2D eigenvalue weighted by Crippen LogP contribution is 2.46. The number of rotatable bonds is 6. The summed E-state index contributed by atoms with van der Waals surface area (Å²) in [5.74, 6) is -0.933. The number of esters is 1. The van der Waals surface area contributed by atoms with Gasteiger partial charge in [0.25, 0.3) is 0 Å². The largest absolute Gasteiger partial charge is 0.496 e. The number of hydrogen-bond acceptors (Lipinski definition) is 7. The smallest absolute Gasteiger partial charge is 0.352 e. The highest BCUT2D eigenvalue weighted by molar-refractivity contribution is 9.10. The minimum absolute atomic E-state index is 0.0570. The van der Waals surface area contributed by atoms with Crippen LogP contribution in [0.5, 0.6) is 23.0 Å². The number of carbonyl (C=O) groups excluding carboxylic acids is 1. The van der Waals surface area contributed by atoms with Crippen LogP contribution in [0, 0.1) is 17.1 Å². The maximum Gasteiger partial charge on any atom is 0.352 e. The molecule has 0 bridgehead atoms. The topological polar surface area (TPSA) is 104 Å². The summed E-state index contributed by atoms with van der Waals surface area (Å²) in [5.41, 5.74) is 7.66. The molecule has 0 aliphatic carbocycles. The summed E-state index contributed by atoms with van der Waals surface area (Å²) in [4.78, 5) is 12.6. The van der Waals surface area contributed by atoms with E-state index in [1.165, 1.54) is 31.2 Å². The van der Waals surface area contributed by atoms with Gasteiger partial charge in [0.1, 0.15) is 28.9 Å². The number of carbonyl (C=O) groups is 1. The lowest BCUT2D eigenvalue weighted by Crippen LogP contribution is -2.29. The van der Waals surface area contributed by atoms with E-state index in [2.05, 4.69) is 22.0 Å². The number of para-hydroxylation sites is 1. The van der Waals surface area contributed by atoms with Crippen LogP contribution in [0.4, 0.5) is 4.39 Å². The van der Waals surface area contributed by atoms with E-state index in [1.54, 1.807) is 31.4 Å². The van der Waals surface area contributed by atoms with E-state index in [-0.39, 0.29) is 23.0 Å². The second-order valence-electron chi connectivity index (χ2n) is 7.62. The number of nitrogens with two attached hydrogens (primary N) is 1. The van der Waals surface area contributed by atoms with Crippen LogP contribution in [0.2, 0.25) is 0 Å². The Morgan fingerprint density at radius 1 is 1.14 bits per heavy atom. The van der Waals surface area contributed by atoms with Gasteiger partial charge in [0.15, 0.2) is 17.7 Å². The second-order valence-corrected chi connectivity index (χ2v) is 8.54. The quantitative estimate of drug-likeness (QED) is 0.340. The Labute approximate surface area is 209 Å². The molecule has 4 rings (SSSR count). The van der Waals surface area contributed by atoms with Crippen molar-refractivity contribution < 1.29 is 28.1 Å². The number of methoxy groups -OCH3 is 1. The molecular formula is C26H20BrFN2O5. The summed E-state index contributed by atoms with van der Waals surface area (Å²) in [7, 11) is 1.54. The molecule has 9 heteroatoms. The van der Waals surface area contributed by atoms with E-state index >= 15 is 0 Å². The zero-order valence-corrected chi connectivity index (χ0v) is 20.3. The Hall–Kier alpha value is -4.03. The molecule has 2 N–H and O–H groups in total. The first kappa shape index (κ1) is 24.1. The molecule has 1 aliphatic heterocycles. The molecule has 0 radical (unpaired) electrons. The zero-order chi connectivity index (χ0) is 25.1. The first-order valence-corrected chi connectivity index (χ1v) is 11.3. The van der Waals surface area contributed by atoms with Crippen LogP contribution in [0.25, 0.3) is 0 Å². The summed E-state index contributed by atoms with van der Waals surface area (Å²) in [6.07, 6.45) is -1.07. The second kappa shape index (κ2) is 10.1. The van der Waals surface area contributed by atoms with Crippen molar-refractivity contribution in [2.45, 2.75) is 18.9 Å². The maximum atomic E-state index is 13.8. The van der Waals surface area contributed by atoms with Gasteiger partial charge in [0.05, 0.1) is 13.0 Å². The predicted octanol–water partition coefficient (Wildman–Crippen LogP) is 5.19. The lowest BCUT2D eigenvalue weighted by molar-refractivity contribution is -0.141. The van der Waals surface area contributed by atoms with Crippen LogP contribution < -0.4 is 24.7 Å². The molecule has 0 saturated carbocycles. The van der Waals surface area contributed by atoms with Crippen molar-refractivity contribution in [2.75, 3.05) is 7.11 Å². The van der Waals surface area contributed by atoms with Gasteiger partial charge in [-0.1, -0.05) is 34.1 Å². The van der Waals surface area contributed by atoms with Gasteiger partial charge in [-0.2, -0.15) is 5.26 Å². The van der Waals surface area contributed by atoms with E-state index in [1.807, 2.05) is 12.1 Å². The molecule has 2 atom stereocenters. The summed E-state index contributed by atoms with van der Waals surface area (Å²) >= 11 is 3.46. The third-order valence-electron chi connectivity index (χ3n) is 5.38. The Morgan fingerprint density at radius 2 is 1.91 bits per heavy atom. The summed E-state index contributed by atoms with van der Waals surface area (Å²) in [6.45, 7) is 1.46. The monoisotopic (exact) mass is 538 g/mol. The molecular weight excluding hydrogens is 519 g/mol. The van der Waals surface area contributed by atoms with E-state index < -0.39 is 23.8 Å². The van der Waals surface area contributed by atoms with Gasteiger partial charge < -0.3 is 24.7 Å². The van der Waals surface area contributed by atoms with E-state index in [0.717, 1.165) is 4.47 Å². The maximum absolute atomic E-state index is 13.8. The minimum Gasteiger partial charge on any atom is -0.496 e. The first-order valence-electron chi connectivity index (χ1n) is 10.5. The van der Waals surface area contributed by atoms with Crippen molar-refractivity contribution in [1.29, 1.82) is 5.26 Å². The molecule has 0 aromatic heterocycles. The number of halogens is 2. The Bertz CT molecular complexity index is 1370. The SMILES string of the molecule is COc1ccc(Br)cc1C1C(C#N)=C(N)Oc2cc(OC(=O)C(C)Oc3ccccc3F)ccc21. The van der Waals surface area contributed by atoms with E-state index in [4.69, 9.17) is 24.7 Å². The molecule has 3 aromatic rings. The number of nitrogens with zero attached hydrogens (tertiary/aromatic N) is 1. The molecule has 1 heterocycles. The van der Waals surface area contributed by atoms with Gasteiger partial charge in [0, 0.05) is 21.7 Å². The van der Waals surface area contributed by atoms with E-state index in [9.17, 15) is 14.4 Å². The van der Waals surface area contributed by atoms with Crippen LogP contribution in [-0.2, 0) is 4.79 Å². The standard InChI is InChI=1S/C26H20BrFN2O5/c1-14(33-22-6-4-3-5-20(22)28)26(31)34-16-8-9-17-23(12-16)35-25(30)19(13-29)24(17)18-11-15(27)7-10-21(18)32-2/h3-12,14,24H,30H2,1-2H3. The third-order valence-corrected chi connectivity index (χ3v) is 5.88. The average molecular weight is 539 g/mol. The van der Waals surface area contributed by atoms with Crippen molar-refractivity contribution in [2.24, 2.45) is 5.73 Å². The fourth-order valence-corrected chi connectivity index (χ4v) is 4.11. The lowest BCUT2D eigenvalue weighted by Gasteiger charge is -2.28. The molecule has 0 spiro atoms. The van der Waals surface area contributed by atoms with E-state index in [0.29, 0.717) is 22.6 Å². The highest BCUT2D eigenvalue weighted by atomic mass is 79.9. The first-order chi connectivity index (χ1) is 16.8. The van der Waals surface area contributed by atoms with Gasteiger partial charge in [0.2, 0.25) is 5.88 Å². The van der Waals surface area contributed by atoms with Crippen molar-refractivity contribution in [1.82, 2.24) is 0 Å². The minimum atomic E-state index is -1.07.